The number of carbonyl (C=O) groups excluding carboxylic acids is 5. The number of unbranched alkanes of at least 4 members (excludes halogenated alkanes) is 1. The second kappa shape index (κ2) is 22.8. The molecule has 16 nitrogen and oxygen atoms in total. The summed E-state index contributed by atoms with van der Waals surface area (Å²) in [5, 5.41) is 15.3. The van der Waals surface area contributed by atoms with Gasteiger partial charge in [-0.25, -0.2) is 0 Å². The molecular formula is C29H56N10O6. The number of nitrogens with zero attached hydrogens (tertiary/aromatic N) is 2. The molecule has 45 heavy (non-hydrogen) atoms. The highest BCUT2D eigenvalue weighted by Crippen LogP contribution is 2.18. The number of ketones is 3. The molecule has 0 aromatic rings. The van der Waals surface area contributed by atoms with Gasteiger partial charge in [-0.1, -0.05) is 13.8 Å². The largest absolute Gasteiger partial charge is 0.396 e. The fourth-order valence-corrected chi connectivity index (χ4v) is 4.51. The number of carbonyl (C=O) groups is 5. The number of aliphatic hydroxyl groups is 1. The summed E-state index contributed by atoms with van der Waals surface area (Å²) in [6, 6.07) is -2.61. The molecule has 0 aromatic heterocycles. The van der Waals surface area contributed by atoms with Gasteiger partial charge in [-0.2, -0.15) is 0 Å². The van der Waals surface area contributed by atoms with Gasteiger partial charge in [-0.05, 0) is 64.3 Å². The number of aliphatic hydroxyl groups excluding tert-OH is 1. The quantitative estimate of drug-likeness (QED) is 0.0295. The van der Waals surface area contributed by atoms with Crippen LogP contribution in [0.2, 0.25) is 0 Å². The number of Topliss-reactive ketones (excluding diaryl/α,β-unsaturated/α-hetero) is 3. The molecule has 2 amide bonds. The predicted molar refractivity (Wildman–Crippen MR) is 173 cm³/mol. The van der Waals surface area contributed by atoms with E-state index in [1.165, 1.54) is 6.92 Å². The number of nitrogens with one attached hydrogen (secondary N) is 2. The minimum absolute atomic E-state index is 0.0816. The van der Waals surface area contributed by atoms with Gasteiger partial charge in [0.25, 0.3) is 0 Å². The monoisotopic (exact) mass is 640 g/mol. The molecular weight excluding hydrogens is 584 g/mol. The van der Waals surface area contributed by atoms with E-state index in [0.29, 0.717) is 32.2 Å². The Morgan fingerprint density at radius 1 is 0.711 bits per heavy atom. The fourth-order valence-electron chi connectivity index (χ4n) is 4.51. The van der Waals surface area contributed by atoms with Gasteiger partial charge in [0.05, 0.1) is 30.7 Å². The van der Waals surface area contributed by atoms with Crippen molar-refractivity contribution in [2.45, 2.75) is 96.7 Å². The number of guanidine groups is 2. The lowest BCUT2D eigenvalue weighted by atomic mass is 9.90. The summed E-state index contributed by atoms with van der Waals surface area (Å²) >= 11 is 0. The van der Waals surface area contributed by atoms with Crippen molar-refractivity contribution in [3.8, 4) is 0 Å². The van der Waals surface area contributed by atoms with Gasteiger partial charge in [0, 0.05) is 31.8 Å². The molecule has 0 aliphatic carbocycles. The maximum Gasteiger partial charge on any atom is 0.226 e. The van der Waals surface area contributed by atoms with Crippen LogP contribution in [0.25, 0.3) is 0 Å². The second-order valence-corrected chi connectivity index (χ2v) is 11.6. The predicted octanol–water partition coefficient (Wildman–Crippen LogP) is -2.09. The van der Waals surface area contributed by atoms with E-state index in [1.807, 2.05) is 0 Å². The van der Waals surface area contributed by atoms with Crippen molar-refractivity contribution in [1.82, 2.24) is 10.6 Å². The van der Waals surface area contributed by atoms with Crippen LogP contribution < -0.4 is 45.0 Å². The van der Waals surface area contributed by atoms with Gasteiger partial charge in [-0.3, -0.25) is 34.0 Å². The number of hydrogen-bond donors (Lipinski definition) is 9. The first kappa shape index (κ1) is 41.4. The lowest BCUT2D eigenvalue weighted by Gasteiger charge is -2.25. The molecule has 0 bridgehead atoms. The van der Waals surface area contributed by atoms with Gasteiger partial charge in [0.1, 0.15) is 0 Å². The Hall–Kier alpha value is -3.63. The number of hydrogen-bond acceptors (Lipinski definition) is 10. The molecule has 0 aliphatic heterocycles. The van der Waals surface area contributed by atoms with Crippen molar-refractivity contribution in [2.24, 2.45) is 62.1 Å². The summed E-state index contributed by atoms with van der Waals surface area (Å²) in [6.07, 6.45) is 2.12. The van der Waals surface area contributed by atoms with Crippen molar-refractivity contribution >= 4 is 41.1 Å². The molecule has 15 N–H and O–H groups in total. The van der Waals surface area contributed by atoms with E-state index >= 15 is 0 Å². The zero-order chi connectivity index (χ0) is 34.5. The van der Waals surface area contributed by atoms with Crippen molar-refractivity contribution in [3.05, 3.63) is 0 Å². The Kier molecular flexibility index (Phi) is 21.0. The lowest BCUT2D eigenvalue weighted by molar-refractivity contribution is -0.135. The van der Waals surface area contributed by atoms with Crippen LogP contribution in [0.15, 0.2) is 9.98 Å². The molecule has 258 valence electrons. The van der Waals surface area contributed by atoms with E-state index < -0.39 is 54.2 Å². The Morgan fingerprint density at radius 3 is 1.69 bits per heavy atom. The Labute approximate surface area is 265 Å². The molecule has 0 spiro atoms. The standard InChI is InChI=1S/C29H56N10O6/c1-17(2)25(31)24(43)15-20(16-40)27(45)39-22(9-4-5-11-30)23(42)14-19(8-6-12-36-28(32)33)26(44)38-21(18(3)41)10-7-13-37-29(34)35/h17,19-22,25,40H,4-16,30-31H2,1-3H3,(H,38,44)(H,39,45)(H4,32,33,36)(H4,34,35,37)/t19-,20+,21+,22+,25+/m1/s1. The zero-order valence-corrected chi connectivity index (χ0v) is 27.0. The molecule has 0 radical (unpaired) electrons. The van der Waals surface area contributed by atoms with E-state index in [0.717, 1.165) is 0 Å². The van der Waals surface area contributed by atoms with Crippen molar-refractivity contribution in [2.75, 3.05) is 26.2 Å². The van der Waals surface area contributed by atoms with Gasteiger partial charge in [0.15, 0.2) is 29.3 Å². The maximum atomic E-state index is 13.6. The second-order valence-electron chi connectivity index (χ2n) is 11.6. The summed E-state index contributed by atoms with van der Waals surface area (Å²) in [6.45, 7) is 5.16. The molecule has 16 heteroatoms. The van der Waals surface area contributed by atoms with Crippen LogP contribution in [0.5, 0.6) is 0 Å². The Morgan fingerprint density at radius 2 is 1.20 bits per heavy atom. The Bertz CT molecular complexity index is 1010. The van der Waals surface area contributed by atoms with Crippen molar-refractivity contribution in [1.29, 1.82) is 0 Å². The number of nitrogens with two attached hydrogens (primary N) is 6. The molecule has 5 atom stereocenters. The number of aliphatic imine (C=N–C) groups is 2. The van der Waals surface area contributed by atoms with Gasteiger partial charge >= 0.3 is 0 Å². The fraction of sp³-hybridized carbons (Fsp3) is 0.759. The van der Waals surface area contributed by atoms with Crippen LogP contribution >= 0.6 is 0 Å². The van der Waals surface area contributed by atoms with Crippen LogP contribution in [0.1, 0.15) is 78.6 Å². The summed E-state index contributed by atoms with van der Waals surface area (Å²) in [7, 11) is 0. The molecule has 0 saturated carbocycles. The van der Waals surface area contributed by atoms with E-state index in [2.05, 4.69) is 20.6 Å². The first-order chi connectivity index (χ1) is 21.1. The van der Waals surface area contributed by atoms with Crippen molar-refractivity contribution < 1.29 is 29.1 Å². The van der Waals surface area contributed by atoms with E-state index in [1.54, 1.807) is 13.8 Å². The molecule has 0 unspecified atom stereocenters. The smallest absolute Gasteiger partial charge is 0.226 e. The summed E-state index contributed by atoms with van der Waals surface area (Å²) < 4.78 is 0. The van der Waals surface area contributed by atoms with E-state index in [9.17, 15) is 29.1 Å². The third-order valence-electron chi connectivity index (χ3n) is 7.36. The number of rotatable bonds is 25. The van der Waals surface area contributed by atoms with Crippen LogP contribution in [0.4, 0.5) is 0 Å². The van der Waals surface area contributed by atoms with Crippen LogP contribution in [0, 0.1) is 17.8 Å². The highest BCUT2D eigenvalue weighted by Gasteiger charge is 2.32. The average molecular weight is 641 g/mol. The minimum Gasteiger partial charge on any atom is -0.396 e. The molecule has 0 saturated heterocycles. The van der Waals surface area contributed by atoms with Gasteiger partial charge in [-0.15, -0.1) is 0 Å². The third-order valence-corrected chi connectivity index (χ3v) is 7.36. The van der Waals surface area contributed by atoms with E-state index in [-0.39, 0.29) is 74.6 Å². The minimum atomic E-state index is -1.10. The third kappa shape index (κ3) is 18.1. The molecule has 0 rings (SSSR count). The highest BCUT2D eigenvalue weighted by atomic mass is 16.3. The summed E-state index contributed by atoms with van der Waals surface area (Å²) in [5.74, 6) is -4.55. The van der Waals surface area contributed by atoms with Crippen LogP contribution in [0.3, 0.4) is 0 Å². The van der Waals surface area contributed by atoms with E-state index in [4.69, 9.17) is 34.4 Å². The number of amides is 2. The van der Waals surface area contributed by atoms with Crippen LogP contribution in [-0.4, -0.2) is 90.6 Å². The lowest BCUT2D eigenvalue weighted by Crippen LogP contribution is -2.48. The van der Waals surface area contributed by atoms with Crippen molar-refractivity contribution in [3.63, 3.8) is 0 Å². The molecule has 0 aromatic carbocycles. The molecule has 0 heterocycles. The summed E-state index contributed by atoms with van der Waals surface area (Å²) in [4.78, 5) is 72.7. The average Bonchev–Trinajstić information content (AvgIpc) is 2.96. The molecule has 0 aliphatic rings. The first-order valence-corrected chi connectivity index (χ1v) is 15.5. The van der Waals surface area contributed by atoms with Gasteiger partial charge < -0.3 is 50.1 Å². The summed E-state index contributed by atoms with van der Waals surface area (Å²) in [5.41, 5.74) is 33.0. The zero-order valence-electron chi connectivity index (χ0n) is 27.0. The first-order valence-electron chi connectivity index (χ1n) is 15.5. The molecule has 0 fully saturated rings. The highest BCUT2D eigenvalue weighted by molar-refractivity contribution is 5.95. The van der Waals surface area contributed by atoms with Gasteiger partial charge in [0.2, 0.25) is 11.8 Å². The van der Waals surface area contributed by atoms with Crippen LogP contribution in [-0.2, 0) is 24.0 Å². The topological polar surface area (TPSA) is 310 Å². The Balaban J connectivity index is 5.88. The normalized spacial score (nSPS) is 14.4. The maximum absolute atomic E-state index is 13.6. The SMILES string of the molecule is CC(=O)[C@H](CCCN=C(N)N)NC(=O)[C@H](CCCN=C(N)N)CC(=O)[C@H](CCCCN)NC(=O)[C@H](CO)CC(=O)[C@@H](N)C(C)C.